The van der Waals surface area contributed by atoms with Crippen LogP contribution >= 0.6 is 0 Å². The van der Waals surface area contributed by atoms with Gasteiger partial charge >= 0.3 is 6.03 Å². The maximum Gasteiger partial charge on any atom is 0.315 e. The molecular weight excluding hydrogens is 606 g/mol. The zero-order valence-corrected chi connectivity index (χ0v) is 28.5. The summed E-state index contributed by atoms with van der Waals surface area (Å²) in [4.78, 5) is 67.9. The van der Waals surface area contributed by atoms with Crippen molar-refractivity contribution < 1.29 is 24.0 Å². The quantitative estimate of drug-likeness (QED) is 0.175. The van der Waals surface area contributed by atoms with E-state index in [1.54, 1.807) is 6.08 Å². The van der Waals surface area contributed by atoms with E-state index in [-0.39, 0.29) is 30.8 Å². The van der Waals surface area contributed by atoms with Gasteiger partial charge in [-0.15, -0.1) is 13.2 Å². The summed E-state index contributed by atoms with van der Waals surface area (Å²) in [7, 11) is 0. The molecule has 0 spiro atoms. The van der Waals surface area contributed by atoms with E-state index in [0.29, 0.717) is 38.6 Å². The number of nitrogens with one attached hydrogen (secondary N) is 4. The molecule has 0 radical (unpaired) electrons. The molecule has 1 heterocycles. The van der Waals surface area contributed by atoms with E-state index >= 15 is 0 Å². The summed E-state index contributed by atoms with van der Waals surface area (Å²) < 4.78 is 0. The molecule has 0 aromatic heterocycles. The Balaban J connectivity index is 0.00000201. The lowest BCUT2D eigenvalue weighted by atomic mass is 9.94. The molecule has 4 atom stereocenters. The monoisotopic (exact) mass is 657 g/mol. The van der Waals surface area contributed by atoms with Crippen molar-refractivity contribution in [1.82, 2.24) is 26.2 Å². The Kier molecular flexibility index (Phi) is 15.1. The first kappa shape index (κ1) is 37.7. The van der Waals surface area contributed by atoms with E-state index in [1.165, 1.54) is 17.4 Å². The SMILES string of the molecule is C=CCCC(NC(=O)[C@@H]1CCCN1C(=O)[C@@H](NC(=O)NC(C)c1ccccc1)C1Cc2ccccc2C1)C(=O)C(=O)NCC=C.CCC. The number of hydrogen-bond donors (Lipinski definition) is 4. The Hall–Kier alpha value is -4.73. The minimum absolute atomic E-state index is 0.120. The van der Waals surface area contributed by atoms with E-state index in [4.69, 9.17) is 0 Å². The van der Waals surface area contributed by atoms with Gasteiger partial charge in [-0.05, 0) is 68.1 Å². The molecule has 0 bridgehead atoms. The predicted octanol–water partition coefficient (Wildman–Crippen LogP) is 4.56. The summed E-state index contributed by atoms with van der Waals surface area (Å²) in [6.07, 6.45) is 7.14. The Morgan fingerprint density at radius 1 is 0.896 bits per heavy atom. The van der Waals surface area contributed by atoms with E-state index in [0.717, 1.165) is 16.7 Å². The molecule has 1 aliphatic heterocycles. The molecule has 4 rings (SSSR count). The second-order valence-corrected chi connectivity index (χ2v) is 12.4. The highest BCUT2D eigenvalue weighted by Crippen LogP contribution is 2.31. The van der Waals surface area contributed by atoms with Crippen molar-refractivity contribution in [3.05, 3.63) is 96.6 Å². The molecule has 1 saturated heterocycles. The van der Waals surface area contributed by atoms with Crippen molar-refractivity contribution in [3.63, 3.8) is 0 Å². The lowest BCUT2D eigenvalue weighted by Gasteiger charge is -2.32. The minimum atomic E-state index is -1.07. The molecule has 2 aromatic carbocycles. The van der Waals surface area contributed by atoms with Crippen LogP contribution in [0.1, 0.15) is 75.6 Å². The van der Waals surface area contributed by atoms with Crippen LogP contribution < -0.4 is 21.3 Å². The molecule has 1 fully saturated rings. The zero-order chi connectivity index (χ0) is 35.1. The number of benzene rings is 2. The van der Waals surface area contributed by atoms with Crippen LogP contribution in [0.5, 0.6) is 0 Å². The summed E-state index contributed by atoms with van der Waals surface area (Å²) in [5, 5.41) is 11.1. The van der Waals surface area contributed by atoms with Gasteiger partial charge in [0.05, 0.1) is 12.1 Å². The van der Waals surface area contributed by atoms with Gasteiger partial charge in [-0.1, -0.05) is 87.0 Å². The van der Waals surface area contributed by atoms with Crippen LogP contribution in [-0.4, -0.2) is 65.7 Å². The smallest absolute Gasteiger partial charge is 0.315 e. The first-order chi connectivity index (χ1) is 23.1. The van der Waals surface area contributed by atoms with E-state index in [2.05, 4.69) is 48.3 Å². The number of likely N-dealkylation sites (tertiary alicyclic amines) is 1. The number of carbonyl (C=O) groups is 5. The molecule has 10 nitrogen and oxygen atoms in total. The van der Waals surface area contributed by atoms with Gasteiger partial charge in [0, 0.05) is 13.1 Å². The summed E-state index contributed by atoms with van der Waals surface area (Å²) in [5.41, 5.74) is 3.20. The van der Waals surface area contributed by atoms with Crippen LogP contribution in [0.3, 0.4) is 0 Å². The lowest BCUT2D eigenvalue weighted by molar-refractivity contribution is -0.143. The first-order valence-corrected chi connectivity index (χ1v) is 17.0. The van der Waals surface area contributed by atoms with Gasteiger partial charge in [0.25, 0.3) is 5.91 Å². The number of fused-ring (bicyclic) bond motifs is 1. The van der Waals surface area contributed by atoms with Crippen molar-refractivity contribution in [2.45, 2.75) is 89.9 Å². The van der Waals surface area contributed by atoms with Crippen LogP contribution in [0.25, 0.3) is 0 Å². The molecule has 2 aromatic rings. The highest BCUT2D eigenvalue weighted by molar-refractivity contribution is 6.38. The zero-order valence-electron chi connectivity index (χ0n) is 28.5. The second-order valence-electron chi connectivity index (χ2n) is 12.4. The molecule has 10 heteroatoms. The third-order valence-electron chi connectivity index (χ3n) is 8.52. The van der Waals surface area contributed by atoms with E-state index in [9.17, 15) is 24.0 Å². The van der Waals surface area contributed by atoms with Crippen LogP contribution in [0.2, 0.25) is 0 Å². The Morgan fingerprint density at radius 3 is 2.12 bits per heavy atom. The number of ketones is 1. The van der Waals surface area contributed by atoms with E-state index < -0.39 is 41.8 Å². The summed E-state index contributed by atoms with van der Waals surface area (Å²) >= 11 is 0. The molecule has 1 aliphatic carbocycles. The molecule has 5 amide bonds. The first-order valence-electron chi connectivity index (χ1n) is 17.0. The number of amides is 5. The highest BCUT2D eigenvalue weighted by atomic mass is 16.2. The van der Waals surface area contributed by atoms with Gasteiger partial charge in [0.2, 0.25) is 17.6 Å². The number of urea groups is 1. The minimum Gasteiger partial charge on any atom is -0.346 e. The van der Waals surface area contributed by atoms with Gasteiger partial charge in [0.15, 0.2) is 0 Å². The molecule has 258 valence electrons. The van der Waals surface area contributed by atoms with Crippen LogP contribution in [0.4, 0.5) is 4.79 Å². The molecule has 4 N–H and O–H groups in total. The van der Waals surface area contributed by atoms with Crippen molar-refractivity contribution >= 4 is 29.5 Å². The second kappa shape index (κ2) is 19.2. The lowest BCUT2D eigenvalue weighted by Crippen LogP contribution is -2.59. The largest absolute Gasteiger partial charge is 0.346 e. The molecular formula is C38H51N5O5. The predicted molar refractivity (Wildman–Crippen MR) is 188 cm³/mol. The van der Waals surface area contributed by atoms with Crippen molar-refractivity contribution in [3.8, 4) is 0 Å². The number of nitrogens with zero attached hydrogens (tertiary/aromatic N) is 1. The van der Waals surface area contributed by atoms with Gasteiger partial charge in [0.1, 0.15) is 12.1 Å². The van der Waals surface area contributed by atoms with Gasteiger partial charge < -0.3 is 26.2 Å². The Labute approximate surface area is 284 Å². The van der Waals surface area contributed by atoms with Gasteiger partial charge in [-0.25, -0.2) is 4.79 Å². The molecule has 48 heavy (non-hydrogen) atoms. The van der Waals surface area contributed by atoms with E-state index in [1.807, 2.05) is 61.5 Å². The topological polar surface area (TPSA) is 137 Å². The fraction of sp³-hybridized carbons (Fsp3) is 0.447. The van der Waals surface area contributed by atoms with Gasteiger partial charge in [-0.2, -0.15) is 0 Å². The fourth-order valence-electron chi connectivity index (χ4n) is 6.13. The average Bonchev–Trinajstić information content (AvgIpc) is 3.76. The van der Waals surface area contributed by atoms with Crippen LogP contribution in [0, 0.1) is 5.92 Å². The Bertz CT molecular complexity index is 1400. The maximum absolute atomic E-state index is 14.3. The highest BCUT2D eigenvalue weighted by Gasteiger charge is 2.43. The van der Waals surface area contributed by atoms with Crippen molar-refractivity contribution in [2.75, 3.05) is 13.1 Å². The summed E-state index contributed by atoms with van der Waals surface area (Å²) in [6, 6.07) is 14.0. The molecule has 0 saturated carbocycles. The number of hydrogen-bond acceptors (Lipinski definition) is 5. The normalized spacial score (nSPS) is 17.0. The summed E-state index contributed by atoms with van der Waals surface area (Å²) in [5.74, 6) is -2.63. The summed E-state index contributed by atoms with van der Waals surface area (Å²) in [6.45, 7) is 13.8. The average molecular weight is 658 g/mol. The third-order valence-corrected chi connectivity index (χ3v) is 8.52. The number of rotatable bonds is 14. The Morgan fingerprint density at radius 2 is 1.52 bits per heavy atom. The van der Waals surface area contributed by atoms with Crippen LogP contribution in [0.15, 0.2) is 79.9 Å². The third kappa shape index (κ3) is 10.4. The van der Waals surface area contributed by atoms with Gasteiger partial charge in [-0.3, -0.25) is 19.2 Å². The van der Waals surface area contributed by atoms with Crippen molar-refractivity contribution in [1.29, 1.82) is 0 Å². The van der Waals surface area contributed by atoms with Crippen molar-refractivity contribution in [2.24, 2.45) is 5.92 Å². The number of allylic oxidation sites excluding steroid dienone is 1. The standard InChI is InChI=1S/C35H43N5O5.C3H8/c1-4-6-17-28(31(41)33(43)36-19-5-2)38-32(42)29-18-12-20-40(29)34(44)30(27-21-25-15-10-11-16-26(25)22-27)39-35(45)37-23(3)24-13-8-7-9-14-24;1-3-2/h4-5,7-11,13-16,23,27-30H,1-2,6,12,17-22H2,3H3,(H,36,43)(H,38,42)(H2,37,39,45);3H2,1-2H3/t23?,28?,29-,30-;/m0./s1. The fourth-order valence-corrected chi connectivity index (χ4v) is 6.13. The molecule has 2 aliphatic rings. The number of carbonyl (C=O) groups excluding carboxylic acids is 5. The number of Topliss-reactive ketones (excluding diaryl/α,β-unsaturated/α-hetero) is 1. The molecule has 2 unspecified atom stereocenters. The maximum atomic E-state index is 14.3. The van der Waals surface area contributed by atoms with Crippen LogP contribution in [-0.2, 0) is 32.0 Å².